The highest BCUT2D eigenvalue weighted by Gasteiger charge is 2.20. The van der Waals surface area contributed by atoms with Crippen LogP contribution < -0.4 is 10.2 Å². The SMILES string of the molecule is COc1ccc2c(c1)C(Nn1cccc1)CCC2. The summed E-state index contributed by atoms with van der Waals surface area (Å²) < 4.78 is 7.36. The number of nitrogens with zero attached hydrogens (tertiary/aromatic N) is 1. The molecule has 0 amide bonds. The van der Waals surface area contributed by atoms with Gasteiger partial charge in [-0.1, -0.05) is 6.07 Å². The van der Waals surface area contributed by atoms with Gasteiger partial charge in [0.05, 0.1) is 13.2 Å². The molecule has 0 saturated heterocycles. The molecule has 0 saturated carbocycles. The minimum absolute atomic E-state index is 0.372. The number of hydrogen-bond donors (Lipinski definition) is 1. The summed E-state index contributed by atoms with van der Waals surface area (Å²) in [6.45, 7) is 0. The van der Waals surface area contributed by atoms with Crippen molar-refractivity contribution in [1.29, 1.82) is 0 Å². The van der Waals surface area contributed by atoms with Crippen LogP contribution in [-0.2, 0) is 6.42 Å². The smallest absolute Gasteiger partial charge is 0.119 e. The zero-order chi connectivity index (χ0) is 12.4. The van der Waals surface area contributed by atoms with Crippen LogP contribution in [0.3, 0.4) is 0 Å². The predicted molar refractivity (Wildman–Crippen MR) is 72.5 cm³/mol. The number of aryl methyl sites for hydroxylation is 1. The second-order valence-electron chi connectivity index (χ2n) is 4.73. The van der Waals surface area contributed by atoms with Gasteiger partial charge in [0, 0.05) is 12.4 Å². The van der Waals surface area contributed by atoms with Gasteiger partial charge in [-0.25, -0.2) is 0 Å². The van der Waals surface area contributed by atoms with Gasteiger partial charge in [0.15, 0.2) is 0 Å². The molecule has 1 atom stereocenters. The fraction of sp³-hybridized carbons (Fsp3) is 0.333. The van der Waals surface area contributed by atoms with Crippen molar-refractivity contribution >= 4 is 0 Å². The van der Waals surface area contributed by atoms with Gasteiger partial charge < -0.3 is 10.2 Å². The van der Waals surface area contributed by atoms with Gasteiger partial charge in [0.25, 0.3) is 0 Å². The van der Waals surface area contributed by atoms with Crippen LogP contribution in [-0.4, -0.2) is 11.8 Å². The number of benzene rings is 1. The quantitative estimate of drug-likeness (QED) is 0.895. The van der Waals surface area contributed by atoms with E-state index in [4.69, 9.17) is 4.74 Å². The molecule has 3 rings (SSSR count). The Morgan fingerprint density at radius 3 is 2.89 bits per heavy atom. The third-order valence-electron chi connectivity index (χ3n) is 3.58. The maximum Gasteiger partial charge on any atom is 0.119 e. The van der Waals surface area contributed by atoms with Gasteiger partial charge in [-0.3, -0.25) is 4.68 Å². The van der Waals surface area contributed by atoms with E-state index in [-0.39, 0.29) is 0 Å². The molecule has 1 heterocycles. The molecule has 1 aromatic heterocycles. The van der Waals surface area contributed by atoms with Crippen molar-refractivity contribution in [3.8, 4) is 5.75 Å². The number of nitrogens with one attached hydrogen (secondary N) is 1. The summed E-state index contributed by atoms with van der Waals surface area (Å²) in [5.41, 5.74) is 6.34. The molecule has 2 aromatic rings. The molecule has 0 spiro atoms. The fourth-order valence-corrected chi connectivity index (χ4v) is 2.64. The maximum atomic E-state index is 5.33. The van der Waals surface area contributed by atoms with Crippen molar-refractivity contribution in [2.75, 3.05) is 12.5 Å². The Balaban J connectivity index is 1.90. The van der Waals surface area contributed by atoms with Crippen LogP contribution in [0.4, 0.5) is 0 Å². The van der Waals surface area contributed by atoms with E-state index in [0.29, 0.717) is 6.04 Å². The predicted octanol–water partition coefficient (Wildman–Crippen LogP) is 3.12. The van der Waals surface area contributed by atoms with E-state index in [9.17, 15) is 0 Å². The molecule has 1 aromatic carbocycles. The summed E-state index contributed by atoms with van der Waals surface area (Å²) in [6, 6.07) is 10.8. The first-order valence-corrected chi connectivity index (χ1v) is 6.43. The first-order valence-electron chi connectivity index (χ1n) is 6.43. The zero-order valence-corrected chi connectivity index (χ0v) is 10.6. The average molecular weight is 242 g/mol. The molecule has 3 heteroatoms. The molecule has 0 radical (unpaired) electrons. The lowest BCUT2D eigenvalue weighted by Gasteiger charge is -2.28. The molecular weight excluding hydrogens is 224 g/mol. The minimum atomic E-state index is 0.372. The second-order valence-corrected chi connectivity index (χ2v) is 4.73. The van der Waals surface area contributed by atoms with Crippen LogP contribution in [0.15, 0.2) is 42.7 Å². The van der Waals surface area contributed by atoms with Crippen LogP contribution in [0.2, 0.25) is 0 Å². The summed E-state index contributed by atoms with van der Waals surface area (Å²) in [5.74, 6) is 0.940. The summed E-state index contributed by atoms with van der Waals surface area (Å²) in [5, 5.41) is 0. The van der Waals surface area contributed by atoms with Crippen molar-refractivity contribution in [2.24, 2.45) is 0 Å². The molecule has 1 unspecified atom stereocenters. The molecule has 18 heavy (non-hydrogen) atoms. The van der Waals surface area contributed by atoms with Gasteiger partial charge in [-0.2, -0.15) is 0 Å². The molecule has 1 N–H and O–H groups in total. The lowest BCUT2D eigenvalue weighted by atomic mass is 9.88. The molecular formula is C15H18N2O. The number of aromatic nitrogens is 1. The van der Waals surface area contributed by atoms with Gasteiger partial charge >= 0.3 is 0 Å². The van der Waals surface area contributed by atoms with E-state index >= 15 is 0 Å². The molecule has 3 nitrogen and oxygen atoms in total. The first-order chi connectivity index (χ1) is 8.86. The van der Waals surface area contributed by atoms with Crippen molar-refractivity contribution < 1.29 is 4.74 Å². The number of rotatable bonds is 3. The van der Waals surface area contributed by atoms with Crippen molar-refractivity contribution in [1.82, 2.24) is 4.68 Å². The summed E-state index contributed by atoms with van der Waals surface area (Å²) in [7, 11) is 1.72. The number of methoxy groups -OCH3 is 1. The van der Waals surface area contributed by atoms with Gasteiger partial charge in [-0.05, 0) is 54.7 Å². The lowest BCUT2D eigenvalue weighted by Crippen LogP contribution is -2.23. The van der Waals surface area contributed by atoms with Gasteiger partial charge in [-0.15, -0.1) is 0 Å². The lowest BCUT2D eigenvalue weighted by molar-refractivity contribution is 0.412. The number of ether oxygens (including phenoxy) is 1. The first kappa shape index (κ1) is 11.2. The van der Waals surface area contributed by atoms with Crippen molar-refractivity contribution in [2.45, 2.75) is 25.3 Å². The van der Waals surface area contributed by atoms with Crippen LogP contribution in [0.5, 0.6) is 5.75 Å². The highest BCUT2D eigenvalue weighted by Crippen LogP contribution is 2.32. The number of fused-ring (bicyclic) bond motifs is 1. The van der Waals surface area contributed by atoms with Crippen molar-refractivity contribution in [3.05, 3.63) is 53.9 Å². The molecule has 0 bridgehead atoms. The fourth-order valence-electron chi connectivity index (χ4n) is 2.64. The molecule has 0 aliphatic heterocycles. The standard InChI is InChI=1S/C15H18N2O/c1-18-13-8-7-12-5-4-6-15(14(12)11-13)16-17-9-2-3-10-17/h2-3,7-11,15-16H,4-6H2,1H3. The van der Waals surface area contributed by atoms with Crippen LogP contribution in [0, 0.1) is 0 Å². The number of hydrogen-bond acceptors (Lipinski definition) is 2. The Morgan fingerprint density at radius 1 is 1.28 bits per heavy atom. The average Bonchev–Trinajstić information content (AvgIpc) is 2.91. The second kappa shape index (κ2) is 4.77. The Bertz CT molecular complexity index is 519. The van der Waals surface area contributed by atoms with E-state index in [0.717, 1.165) is 5.75 Å². The van der Waals surface area contributed by atoms with Crippen LogP contribution in [0.1, 0.15) is 30.0 Å². The monoisotopic (exact) mass is 242 g/mol. The topological polar surface area (TPSA) is 26.2 Å². The largest absolute Gasteiger partial charge is 0.497 e. The maximum absolute atomic E-state index is 5.33. The van der Waals surface area contributed by atoms with E-state index in [1.165, 1.54) is 30.4 Å². The van der Waals surface area contributed by atoms with Gasteiger partial charge in [0.2, 0.25) is 0 Å². The Morgan fingerprint density at radius 2 is 2.11 bits per heavy atom. The van der Waals surface area contributed by atoms with Gasteiger partial charge in [0.1, 0.15) is 5.75 Å². The molecule has 1 aliphatic rings. The minimum Gasteiger partial charge on any atom is -0.497 e. The van der Waals surface area contributed by atoms with E-state index < -0.39 is 0 Å². The molecule has 1 aliphatic carbocycles. The van der Waals surface area contributed by atoms with Crippen molar-refractivity contribution in [3.63, 3.8) is 0 Å². The highest BCUT2D eigenvalue weighted by molar-refractivity contribution is 5.40. The van der Waals surface area contributed by atoms with E-state index in [1.807, 2.05) is 29.2 Å². The summed E-state index contributed by atoms with van der Waals surface area (Å²) in [6.07, 6.45) is 7.64. The highest BCUT2D eigenvalue weighted by atomic mass is 16.5. The normalized spacial score (nSPS) is 18.2. The third-order valence-corrected chi connectivity index (χ3v) is 3.58. The Hall–Kier alpha value is -1.90. The van der Waals surface area contributed by atoms with E-state index in [2.05, 4.69) is 23.6 Å². The Labute approximate surface area is 107 Å². The Kier molecular flexibility index (Phi) is 2.97. The summed E-state index contributed by atoms with van der Waals surface area (Å²) >= 11 is 0. The molecule has 94 valence electrons. The summed E-state index contributed by atoms with van der Waals surface area (Å²) in [4.78, 5) is 0. The third kappa shape index (κ3) is 2.08. The molecule has 0 fully saturated rings. The van der Waals surface area contributed by atoms with Crippen LogP contribution in [0.25, 0.3) is 0 Å². The van der Waals surface area contributed by atoms with Crippen LogP contribution >= 0.6 is 0 Å². The van der Waals surface area contributed by atoms with E-state index in [1.54, 1.807) is 7.11 Å². The zero-order valence-electron chi connectivity index (χ0n) is 10.6.